The Morgan fingerprint density at radius 2 is 1.89 bits per heavy atom. The number of nitrogens with one attached hydrogen (secondary N) is 2. The van der Waals surface area contributed by atoms with Crippen LogP contribution in [-0.4, -0.2) is 62.2 Å². The summed E-state index contributed by atoms with van der Waals surface area (Å²) in [4.78, 5) is 39.8. The average Bonchev–Trinajstić information content (AvgIpc) is 3.32. The van der Waals surface area contributed by atoms with Crippen LogP contribution in [0.15, 0.2) is 47.4 Å². The van der Waals surface area contributed by atoms with Crippen LogP contribution in [0.2, 0.25) is 0 Å². The third-order valence-electron chi connectivity index (χ3n) is 6.51. The van der Waals surface area contributed by atoms with E-state index >= 15 is 0 Å². The molecule has 0 radical (unpaired) electrons. The van der Waals surface area contributed by atoms with Crippen LogP contribution in [0.25, 0.3) is 0 Å². The fourth-order valence-electron chi connectivity index (χ4n) is 4.72. The van der Waals surface area contributed by atoms with Crippen molar-refractivity contribution in [2.45, 2.75) is 37.1 Å². The highest BCUT2D eigenvalue weighted by Crippen LogP contribution is 2.41. The first-order valence-electron chi connectivity index (χ1n) is 11.4. The molecule has 1 aliphatic carbocycles. The molecule has 0 aromatic heterocycles. The van der Waals surface area contributed by atoms with Gasteiger partial charge in [0.05, 0.1) is 17.7 Å². The molecule has 1 spiro atoms. The number of amides is 4. The molecular formula is C24H28N4O6S. The van der Waals surface area contributed by atoms with E-state index in [0.29, 0.717) is 25.9 Å². The van der Waals surface area contributed by atoms with E-state index in [1.165, 1.54) is 29.6 Å². The Morgan fingerprint density at radius 1 is 1.17 bits per heavy atom. The summed E-state index contributed by atoms with van der Waals surface area (Å²) >= 11 is 0. The molecule has 1 heterocycles. The summed E-state index contributed by atoms with van der Waals surface area (Å²) in [7, 11) is -2.38. The molecule has 11 heteroatoms. The first kappa shape index (κ1) is 24.7. The number of carbonyl (C=O) groups excluding carboxylic acids is 3. The summed E-state index contributed by atoms with van der Waals surface area (Å²) in [5, 5.41) is 5.37. The highest BCUT2D eigenvalue weighted by molar-refractivity contribution is 7.89. The van der Waals surface area contributed by atoms with Crippen LogP contribution in [0, 0.1) is 0 Å². The number of anilines is 1. The van der Waals surface area contributed by atoms with E-state index in [9.17, 15) is 22.8 Å². The summed E-state index contributed by atoms with van der Waals surface area (Å²) in [5.41, 5.74) is 0.697. The number of hydrogen-bond acceptors (Lipinski definition) is 6. The third kappa shape index (κ3) is 4.14. The predicted molar refractivity (Wildman–Crippen MR) is 128 cm³/mol. The van der Waals surface area contributed by atoms with E-state index in [4.69, 9.17) is 4.74 Å². The molecule has 2 aliphatic rings. The number of hydrogen-bond donors (Lipinski definition) is 2. The van der Waals surface area contributed by atoms with E-state index < -0.39 is 40.0 Å². The number of nitrogens with zero attached hydrogens (tertiary/aromatic N) is 2. The fraction of sp³-hybridized carbons (Fsp3) is 0.375. The second kappa shape index (κ2) is 9.31. The van der Waals surface area contributed by atoms with Gasteiger partial charge in [-0.05, 0) is 42.2 Å². The zero-order valence-corrected chi connectivity index (χ0v) is 20.6. The lowest BCUT2D eigenvalue weighted by atomic mass is 9.92. The van der Waals surface area contributed by atoms with Crippen LogP contribution in [0.1, 0.15) is 31.4 Å². The molecule has 4 amide bonds. The van der Waals surface area contributed by atoms with E-state index in [-0.39, 0.29) is 16.3 Å². The number of carbonyl (C=O) groups is 3. The molecule has 186 valence electrons. The molecule has 1 unspecified atom stereocenters. The van der Waals surface area contributed by atoms with Crippen molar-refractivity contribution in [1.82, 2.24) is 14.5 Å². The minimum atomic E-state index is -3.77. The van der Waals surface area contributed by atoms with Crippen molar-refractivity contribution in [2.24, 2.45) is 0 Å². The summed E-state index contributed by atoms with van der Waals surface area (Å²) in [6.45, 7) is 3.54. The Kier molecular flexibility index (Phi) is 6.56. The number of fused-ring (bicyclic) bond motifs is 2. The maximum Gasteiger partial charge on any atom is 0.325 e. The second-order valence-electron chi connectivity index (χ2n) is 8.38. The van der Waals surface area contributed by atoms with Gasteiger partial charge in [0.15, 0.2) is 0 Å². The molecule has 0 saturated carbocycles. The highest BCUT2D eigenvalue weighted by atomic mass is 32.2. The summed E-state index contributed by atoms with van der Waals surface area (Å²) in [5.74, 6) is -0.893. The average molecular weight is 501 g/mol. The van der Waals surface area contributed by atoms with Crippen molar-refractivity contribution >= 4 is 33.6 Å². The van der Waals surface area contributed by atoms with Crippen molar-refractivity contribution in [3.05, 3.63) is 53.6 Å². The number of benzene rings is 2. The largest absolute Gasteiger partial charge is 0.495 e. The molecule has 4 rings (SSSR count). The lowest BCUT2D eigenvalue weighted by Crippen LogP contribution is -2.43. The van der Waals surface area contributed by atoms with Gasteiger partial charge in [0.2, 0.25) is 15.9 Å². The van der Waals surface area contributed by atoms with E-state index in [1.54, 1.807) is 13.8 Å². The van der Waals surface area contributed by atoms with E-state index in [0.717, 1.165) is 16.0 Å². The smallest absolute Gasteiger partial charge is 0.325 e. The van der Waals surface area contributed by atoms with Crippen molar-refractivity contribution in [2.75, 3.05) is 32.1 Å². The number of rotatable bonds is 8. The minimum absolute atomic E-state index is 0.00573. The number of ether oxygens (including phenoxy) is 1. The molecule has 2 aromatic carbocycles. The Hall–Kier alpha value is -3.44. The van der Waals surface area contributed by atoms with Gasteiger partial charge in [-0.15, -0.1) is 0 Å². The Morgan fingerprint density at radius 3 is 2.57 bits per heavy atom. The number of imide groups is 1. The summed E-state index contributed by atoms with van der Waals surface area (Å²) < 4.78 is 32.4. The molecule has 1 atom stereocenters. The molecule has 2 N–H and O–H groups in total. The van der Waals surface area contributed by atoms with Gasteiger partial charge in [0.25, 0.3) is 5.91 Å². The third-order valence-corrected chi connectivity index (χ3v) is 8.56. The van der Waals surface area contributed by atoms with E-state index in [1.807, 2.05) is 24.3 Å². The van der Waals surface area contributed by atoms with Crippen molar-refractivity contribution in [3.63, 3.8) is 0 Å². The molecular weight excluding hydrogens is 472 g/mol. The number of methoxy groups -OCH3 is 1. The van der Waals surface area contributed by atoms with Gasteiger partial charge in [-0.25, -0.2) is 13.2 Å². The maximum atomic E-state index is 13.3. The Balaban J connectivity index is 1.55. The molecule has 35 heavy (non-hydrogen) atoms. The monoisotopic (exact) mass is 500 g/mol. The topological polar surface area (TPSA) is 125 Å². The van der Waals surface area contributed by atoms with Gasteiger partial charge >= 0.3 is 6.03 Å². The quantitative estimate of drug-likeness (QED) is 0.535. The second-order valence-corrected chi connectivity index (χ2v) is 10.3. The van der Waals surface area contributed by atoms with Gasteiger partial charge in [-0.3, -0.25) is 14.5 Å². The molecule has 10 nitrogen and oxygen atoms in total. The zero-order valence-electron chi connectivity index (χ0n) is 19.8. The summed E-state index contributed by atoms with van der Waals surface area (Å²) in [6, 6.07) is 10.9. The van der Waals surface area contributed by atoms with Gasteiger partial charge in [0.1, 0.15) is 17.8 Å². The first-order valence-corrected chi connectivity index (χ1v) is 12.8. The van der Waals surface area contributed by atoms with Gasteiger partial charge in [0, 0.05) is 13.1 Å². The highest BCUT2D eigenvalue weighted by Gasteiger charge is 2.55. The number of aryl methyl sites for hydroxylation is 1. The molecule has 1 fully saturated rings. The predicted octanol–water partition coefficient (Wildman–Crippen LogP) is 2.06. The van der Waals surface area contributed by atoms with Gasteiger partial charge in [-0.1, -0.05) is 38.1 Å². The molecule has 1 saturated heterocycles. The summed E-state index contributed by atoms with van der Waals surface area (Å²) in [6.07, 6.45) is 1.07. The number of urea groups is 1. The standard InChI is InChI=1S/C24H28N4O6S/c1-4-27(5-2)35(32,33)17-10-11-20(34-3)19(14-17)25-21(29)15-28-22(30)24(26-23(28)31)13-12-16-8-6-7-9-18(16)24/h6-11,14H,4-5,12-13,15H2,1-3H3,(H,25,29)(H,26,31). The van der Waals surface area contributed by atoms with Crippen LogP contribution < -0.4 is 15.4 Å². The minimum Gasteiger partial charge on any atom is -0.495 e. The lowest BCUT2D eigenvalue weighted by Gasteiger charge is -2.22. The SMILES string of the molecule is CCN(CC)S(=O)(=O)c1ccc(OC)c(NC(=O)CN2C(=O)NC3(CCc4ccccc43)C2=O)c1. The van der Waals surface area contributed by atoms with Crippen molar-refractivity contribution in [3.8, 4) is 5.75 Å². The maximum absolute atomic E-state index is 13.3. The molecule has 1 aliphatic heterocycles. The van der Waals surface area contributed by atoms with Crippen molar-refractivity contribution in [1.29, 1.82) is 0 Å². The van der Waals surface area contributed by atoms with Gasteiger partial charge in [-0.2, -0.15) is 4.31 Å². The number of sulfonamides is 1. The van der Waals surface area contributed by atoms with Crippen LogP contribution in [0.4, 0.5) is 10.5 Å². The van der Waals surface area contributed by atoms with Crippen LogP contribution in [0.3, 0.4) is 0 Å². The first-order chi connectivity index (χ1) is 16.7. The van der Waals surface area contributed by atoms with Crippen LogP contribution in [-0.2, 0) is 31.6 Å². The lowest BCUT2D eigenvalue weighted by molar-refractivity contribution is -0.134. The molecule has 2 aromatic rings. The van der Waals surface area contributed by atoms with Gasteiger partial charge < -0.3 is 15.4 Å². The van der Waals surface area contributed by atoms with Crippen LogP contribution in [0.5, 0.6) is 5.75 Å². The Bertz CT molecular complexity index is 1290. The van der Waals surface area contributed by atoms with Crippen molar-refractivity contribution < 1.29 is 27.5 Å². The molecule has 0 bridgehead atoms. The fourth-order valence-corrected chi connectivity index (χ4v) is 6.21. The zero-order chi connectivity index (χ0) is 25.4. The Labute approximate surface area is 204 Å². The normalized spacial score (nSPS) is 19.3. The van der Waals surface area contributed by atoms with E-state index in [2.05, 4.69) is 10.6 Å². The van der Waals surface area contributed by atoms with Crippen LogP contribution >= 0.6 is 0 Å².